The van der Waals surface area contributed by atoms with Gasteiger partial charge in [-0.2, -0.15) is 5.10 Å². The highest BCUT2D eigenvalue weighted by molar-refractivity contribution is 5.11. The van der Waals surface area contributed by atoms with Crippen LogP contribution in [0.15, 0.2) is 12.1 Å². The van der Waals surface area contributed by atoms with E-state index >= 15 is 0 Å². The van der Waals surface area contributed by atoms with Crippen molar-refractivity contribution in [3.05, 3.63) is 17.8 Å². The second-order valence-corrected chi connectivity index (χ2v) is 5.85. The van der Waals surface area contributed by atoms with Crippen LogP contribution in [0.2, 0.25) is 0 Å². The fourth-order valence-electron chi connectivity index (χ4n) is 3.48. The largest absolute Gasteiger partial charge is 0.480 e. The molecule has 0 bridgehead atoms. The number of hydrogen-bond acceptors (Lipinski definition) is 5. The van der Waals surface area contributed by atoms with Gasteiger partial charge >= 0.3 is 0 Å². The van der Waals surface area contributed by atoms with Crippen LogP contribution in [0.1, 0.15) is 31.9 Å². The van der Waals surface area contributed by atoms with Gasteiger partial charge in [0, 0.05) is 37.8 Å². The molecule has 20 heavy (non-hydrogen) atoms. The molecule has 3 rings (SSSR count). The molecule has 5 nitrogen and oxygen atoms in total. The minimum absolute atomic E-state index is 0.585. The van der Waals surface area contributed by atoms with Gasteiger partial charge in [0.15, 0.2) is 0 Å². The molecule has 2 unspecified atom stereocenters. The van der Waals surface area contributed by atoms with E-state index in [4.69, 9.17) is 4.74 Å². The summed E-state index contributed by atoms with van der Waals surface area (Å²) in [6.45, 7) is 6.86. The molecule has 0 aliphatic carbocycles. The number of hydrogen-bond donors (Lipinski definition) is 0. The van der Waals surface area contributed by atoms with Crippen molar-refractivity contribution in [1.82, 2.24) is 20.0 Å². The van der Waals surface area contributed by atoms with Gasteiger partial charge in [-0.25, -0.2) is 0 Å². The summed E-state index contributed by atoms with van der Waals surface area (Å²) in [5, 5.41) is 8.34. The van der Waals surface area contributed by atoms with Crippen LogP contribution in [-0.4, -0.2) is 58.8 Å². The first-order valence-corrected chi connectivity index (χ1v) is 7.65. The number of rotatable bonds is 4. The van der Waals surface area contributed by atoms with Crippen molar-refractivity contribution in [1.29, 1.82) is 0 Å². The molecule has 5 heteroatoms. The summed E-state index contributed by atoms with van der Waals surface area (Å²) in [6.07, 6.45) is 3.91. The van der Waals surface area contributed by atoms with Gasteiger partial charge < -0.3 is 4.74 Å². The highest BCUT2D eigenvalue weighted by Gasteiger charge is 2.35. The molecule has 0 N–H and O–H groups in total. The minimum Gasteiger partial charge on any atom is -0.480 e. The first-order chi connectivity index (χ1) is 9.80. The van der Waals surface area contributed by atoms with Gasteiger partial charge in [0.1, 0.15) is 0 Å². The van der Waals surface area contributed by atoms with Crippen molar-refractivity contribution in [3.8, 4) is 5.88 Å². The third-order valence-electron chi connectivity index (χ3n) is 4.65. The number of nitrogens with zero attached hydrogens (tertiary/aromatic N) is 4. The fraction of sp³-hybridized carbons (Fsp3) is 0.733. The van der Waals surface area contributed by atoms with Gasteiger partial charge in [0.05, 0.1) is 12.8 Å². The van der Waals surface area contributed by atoms with Gasteiger partial charge in [-0.15, -0.1) is 5.10 Å². The predicted molar refractivity (Wildman–Crippen MR) is 77.7 cm³/mol. The van der Waals surface area contributed by atoms with E-state index in [0.29, 0.717) is 11.9 Å². The van der Waals surface area contributed by atoms with Crippen molar-refractivity contribution in [2.45, 2.75) is 44.8 Å². The lowest BCUT2D eigenvalue weighted by molar-refractivity contribution is 0.0427. The predicted octanol–water partition coefficient (Wildman–Crippen LogP) is 1.54. The van der Waals surface area contributed by atoms with Crippen molar-refractivity contribution in [2.75, 3.05) is 26.7 Å². The smallest absolute Gasteiger partial charge is 0.233 e. The van der Waals surface area contributed by atoms with Gasteiger partial charge in [0.25, 0.3) is 0 Å². The Bertz CT molecular complexity index is 436. The van der Waals surface area contributed by atoms with E-state index in [0.717, 1.165) is 18.3 Å². The van der Waals surface area contributed by atoms with Crippen LogP contribution in [0, 0.1) is 0 Å². The SMILES string of the molecule is CCC1CN2CCCC2CN1Cc1ccc(OC)nn1. The molecule has 1 aromatic heterocycles. The average Bonchev–Trinajstić information content (AvgIpc) is 2.94. The molecule has 0 amide bonds. The molecule has 2 fully saturated rings. The van der Waals surface area contributed by atoms with Gasteiger partial charge in [0.2, 0.25) is 5.88 Å². The Hall–Kier alpha value is -1.20. The van der Waals surface area contributed by atoms with Gasteiger partial charge in [-0.3, -0.25) is 9.80 Å². The maximum absolute atomic E-state index is 5.06. The van der Waals surface area contributed by atoms with Crippen LogP contribution in [0.3, 0.4) is 0 Å². The van der Waals surface area contributed by atoms with E-state index < -0.39 is 0 Å². The summed E-state index contributed by atoms with van der Waals surface area (Å²) in [5.74, 6) is 0.585. The highest BCUT2D eigenvalue weighted by atomic mass is 16.5. The molecule has 110 valence electrons. The number of methoxy groups -OCH3 is 1. The van der Waals surface area contributed by atoms with Crippen molar-refractivity contribution >= 4 is 0 Å². The topological polar surface area (TPSA) is 41.5 Å². The second kappa shape index (κ2) is 6.06. The molecule has 0 aromatic carbocycles. The highest BCUT2D eigenvalue weighted by Crippen LogP contribution is 2.26. The molecule has 0 radical (unpaired) electrons. The Morgan fingerprint density at radius 1 is 1.30 bits per heavy atom. The Balaban J connectivity index is 1.67. The molecule has 0 saturated carbocycles. The molecule has 3 heterocycles. The Labute approximate surface area is 120 Å². The normalized spacial score (nSPS) is 27.5. The zero-order valence-electron chi connectivity index (χ0n) is 12.5. The average molecular weight is 276 g/mol. The molecular weight excluding hydrogens is 252 g/mol. The second-order valence-electron chi connectivity index (χ2n) is 5.85. The molecule has 2 saturated heterocycles. The number of piperazine rings is 1. The van der Waals surface area contributed by atoms with Crippen LogP contribution in [0.5, 0.6) is 5.88 Å². The molecule has 2 aliphatic heterocycles. The first-order valence-electron chi connectivity index (χ1n) is 7.65. The summed E-state index contributed by atoms with van der Waals surface area (Å²) in [5.41, 5.74) is 1.04. The number of fused-ring (bicyclic) bond motifs is 1. The number of ether oxygens (including phenoxy) is 1. The Morgan fingerprint density at radius 3 is 2.90 bits per heavy atom. The van der Waals surface area contributed by atoms with Crippen LogP contribution in [-0.2, 0) is 6.54 Å². The summed E-state index contributed by atoms with van der Waals surface area (Å²) in [6, 6.07) is 5.33. The quantitative estimate of drug-likeness (QED) is 0.834. The summed E-state index contributed by atoms with van der Waals surface area (Å²) in [4.78, 5) is 5.26. The monoisotopic (exact) mass is 276 g/mol. The maximum atomic E-state index is 5.06. The number of aromatic nitrogens is 2. The molecular formula is C15H24N4O. The van der Waals surface area contributed by atoms with Gasteiger partial charge in [-0.1, -0.05) is 6.92 Å². The molecule has 2 atom stereocenters. The van der Waals surface area contributed by atoms with E-state index in [9.17, 15) is 0 Å². The lowest BCUT2D eigenvalue weighted by Crippen LogP contribution is -2.55. The van der Waals surface area contributed by atoms with E-state index in [1.54, 1.807) is 7.11 Å². The third kappa shape index (κ3) is 2.79. The van der Waals surface area contributed by atoms with Crippen LogP contribution >= 0.6 is 0 Å². The van der Waals surface area contributed by atoms with Crippen molar-refractivity contribution in [2.24, 2.45) is 0 Å². The lowest BCUT2D eigenvalue weighted by Gasteiger charge is -2.43. The molecule has 1 aromatic rings. The maximum Gasteiger partial charge on any atom is 0.233 e. The zero-order valence-corrected chi connectivity index (χ0v) is 12.5. The van der Waals surface area contributed by atoms with E-state index in [1.165, 1.54) is 38.9 Å². The fourth-order valence-corrected chi connectivity index (χ4v) is 3.48. The molecule has 0 spiro atoms. The summed E-state index contributed by atoms with van der Waals surface area (Å²) < 4.78 is 5.06. The Kier molecular flexibility index (Phi) is 4.17. The van der Waals surface area contributed by atoms with Crippen LogP contribution in [0.25, 0.3) is 0 Å². The van der Waals surface area contributed by atoms with Gasteiger partial charge in [-0.05, 0) is 31.9 Å². The third-order valence-corrected chi connectivity index (χ3v) is 4.65. The summed E-state index contributed by atoms with van der Waals surface area (Å²) >= 11 is 0. The van der Waals surface area contributed by atoms with Crippen molar-refractivity contribution in [3.63, 3.8) is 0 Å². The van der Waals surface area contributed by atoms with E-state index in [1.807, 2.05) is 12.1 Å². The first kappa shape index (κ1) is 13.8. The van der Waals surface area contributed by atoms with Crippen molar-refractivity contribution < 1.29 is 4.74 Å². The standard InChI is InChI=1S/C15H24N4O/c1-3-13-10-18-8-4-5-14(18)11-19(13)9-12-6-7-15(20-2)17-16-12/h6-7,13-14H,3-5,8-11H2,1-2H3. The van der Waals surface area contributed by atoms with E-state index in [2.05, 4.69) is 26.9 Å². The summed E-state index contributed by atoms with van der Waals surface area (Å²) in [7, 11) is 1.62. The van der Waals surface area contributed by atoms with Crippen LogP contribution < -0.4 is 4.74 Å². The lowest BCUT2D eigenvalue weighted by atomic mass is 10.0. The van der Waals surface area contributed by atoms with Crippen LogP contribution in [0.4, 0.5) is 0 Å². The Morgan fingerprint density at radius 2 is 2.20 bits per heavy atom. The molecule has 2 aliphatic rings. The zero-order chi connectivity index (χ0) is 13.9. The van der Waals surface area contributed by atoms with E-state index in [-0.39, 0.29) is 0 Å². The minimum atomic E-state index is 0.585.